The van der Waals surface area contributed by atoms with Gasteiger partial charge in [0.15, 0.2) is 17.2 Å². The Hall–Kier alpha value is -2.74. The first kappa shape index (κ1) is 21.0. The van der Waals surface area contributed by atoms with Gasteiger partial charge in [-0.15, -0.1) is 0 Å². The van der Waals surface area contributed by atoms with Crippen LogP contribution in [0.15, 0.2) is 12.3 Å². The molecule has 154 valence electrons. The number of carbonyl (C=O) groups is 3. The Bertz CT molecular complexity index is 965. The van der Waals surface area contributed by atoms with Crippen LogP contribution in [-0.2, 0) is 16.0 Å². The Labute approximate surface area is 173 Å². The van der Waals surface area contributed by atoms with E-state index in [0.717, 1.165) is 12.8 Å². The van der Waals surface area contributed by atoms with E-state index in [1.54, 1.807) is 20.8 Å². The normalized spacial score (nSPS) is 13.2. The number of esters is 2. The zero-order valence-electron chi connectivity index (χ0n) is 16.5. The highest BCUT2D eigenvalue weighted by Gasteiger charge is 2.38. The van der Waals surface area contributed by atoms with Gasteiger partial charge in [-0.1, -0.05) is 11.6 Å². The van der Waals surface area contributed by atoms with Gasteiger partial charge < -0.3 is 9.47 Å². The molecule has 0 unspecified atom stereocenters. The Morgan fingerprint density at radius 1 is 1.17 bits per heavy atom. The molecule has 0 N–H and O–H groups in total. The maximum atomic E-state index is 12.8. The van der Waals surface area contributed by atoms with Crippen molar-refractivity contribution >= 4 is 29.3 Å². The summed E-state index contributed by atoms with van der Waals surface area (Å²) in [4.78, 5) is 41.9. The Morgan fingerprint density at radius 2 is 1.83 bits per heavy atom. The minimum atomic E-state index is -0.620. The van der Waals surface area contributed by atoms with Crippen molar-refractivity contribution in [2.75, 3.05) is 13.2 Å². The second-order valence-corrected chi connectivity index (χ2v) is 7.11. The van der Waals surface area contributed by atoms with E-state index >= 15 is 0 Å². The quantitative estimate of drug-likeness (QED) is 0.477. The maximum Gasteiger partial charge on any atom is 0.359 e. The molecule has 1 saturated carbocycles. The minimum absolute atomic E-state index is 0.0214. The van der Waals surface area contributed by atoms with Gasteiger partial charge in [-0.2, -0.15) is 5.10 Å². The molecule has 0 saturated heterocycles. The molecule has 0 aliphatic heterocycles. The predicted octanol–water partition coefficient (Wildman–Crippen LogP) is 3.35. The third-order valence-electron chi connectivity index (χ3n) is 4.55. The summed E-state index contributed by atoms with van der Waals surface area (Å²) in [6, 6.07) is 1.52. The van der Waals surface area contributed by atoms with Crippen LogP contribution in [0.1, 0.15) is 75.2 Å². The Balaban J connectivity index is 2.02. The molecular weight excluding hydrogens is 398 g/mol. The number of aryl methyl sites for hydroxylation is 1. The number of ketones is 1. The van der Waals surface area contributed by atoms with Crippen LogP contribution in [0.4, 0.5) is 0 Å². The number of rotatable bonds is 8. The van der Waals surface area contributed by atoms with Gasteiger partial charge in [0.1, 0.15) is 6.54 Å². The molecule has 0 atom stereocenters. The van der Waals surface area contributed by atoms with Gasteiger partial charge in [0, 0.05) is 17.3 Å². The molecule has 8 nitrogen and oxygen atoms in total. The van der Waals surface area contributed by atoms with Crippen LogP contribution in [0, 0.1) is 6.92 Å². The third-order valence-corrected chi connectivity index (χ3v) is 4.94. The lowest BCUT2D eigenvalue weighted by Crippen LogP contribution is -2.19. The summed E-state index contributed by atoms with van der Waals surface area (Å²) in [7, 11) is 0. The second kappa shape index (κ2) is 8.73. The average molecular weight is 420 g/mol. The van der Waals surface area contributed by atoms with Crippen LogP contribution < -0.4 is 0 Å². The van der Waals surface area contributed by atoms with Crippen molar-refractivity contribution in [3.05, 3.63) is 45.5 Å². The highest BCUT2D eigenvalue weighted by molar-refractivity contribution is 6.31. The van der Waals surface area contributed by atoms with Crippen LogP contribution in [0.2, 0.25) is 5.02 Å². The predicted molar refractivity (Wildman–Crippen MR) is 104 cm³/mol. The number of aromatic nitrogens is 3. The van der Waals surface area contributed by atoms with E-state index in [4.69, 9.17) is 21.1 Å². The largest absolute Gasteiger partial charge is 0.461 e. The lowest BCUT2D eigenvalue weighted by atomic mass is 10.1. The van der Waals surface area contributed by atoms with Crippen LogP contribution in [0.5, 0.6) is 0 Å². The molecule has 1 fully saturated rings. The molecule has 0 spiro atoms. The van der Waals surface area contributed by atoms with Gasteiger partial charge in [0.05, 0.1) is 23.9 Å². The summed E-state index contributed by atoms with van der Waals surface area (Å²) < 4.78 is 11.5. The molecule has 1 aliphatic carbocycles. The second-order valence-electron chi connectivity index (χ2n) is 6.70. The lowest BCUT2D eigenvalue weighted by molar-refractivity contribution is 0.0505. The standard InChI is InChI=1S/C20H22ClN3O5/c1-4-28-19(26)17-16(12-6-7-12)18(20(27)29-5-2)24(23-17)10-15(25)13-8-14(21)11(3)22-9-13/h8-9,12H,4-7,10H2,1-3H3. The van der Waals surface area contributed by atoms with Gasteiger partial charge in [0.2, 0.25) is 0 Å². The van der Waals surface area contributed by atoms with E-state index in [0.29, 0.717) is 16.3 Å². The molecule has 2 aromatic heterocycles. The number of nitrogens with zero attached hydrogens (tertiary/aromatic N) is 3. The average Bonchev–Trinajstić information content (AvgIpc) is 3.45. The van der Waals surface area contributed by atoms with Gasteiger partial charge in [-0.25, -0.2) is 14.3 Å². The molecule has 0 aromatic carbocycles. The first-order valence-corrected chi connectivity index (χ1v) is 9.85. The molecule has 3 rings (SSSR count). The smallest absolute Gasteiger partial charge is 0.359 e. The summed E-state index contributed by atoms with van der Waals surface area (Å²) in [5.74, 6) is -1.56. The van der Waals surface area contributed by atoms with Crippen molar-refractivity contribution in [2.45, 2.75) is 46.1 Å². The molecule has 2 heterocycles. The molecule has 0 bridgehead atoms. The SMILES string of the molecule is CCOC(=O)c1nn(CC(=O)c2cnc(C)c(Cl)c2)c(C(=O)OCC)c1C1CC1. The van der Waals surface area contributed by atoms with Crippen molar-refractivity contribution in [3.8, 4) is 0 Å². The van der Waals surface area contributed by atoms with E-state index in [1.165, 1.54) is 16.9 Å². The summed E-state index contributed by atoms with van der Waals surface area (Å²) in [5.41, 5.74) is 1.57. The summed E-state index contributed by atoms with van der Waals surface area (Å²) in [6.45, 7) is 5.19. The molecule has 1 aliphatic rings. The molecular formula is C20H22ClN3O5. The highest BCUT2D eigenvalue weighted by Crippen LogP contribution is 2.44. The van der Waals surface area contributed by atoms with Crippen LogP contribution in [-0.4, -0.2) is 45.7 Å². The van der Waals surface area contributed by atoms with Gasteiger partial charge in [-0.05, 0) is 45.6 Å². The monoisotopic (exact) mass is 419 g/mol. The fourth-order valence-corrected chi connectivity index (χ4v) is 3.17. The van der Waals surface area contributed by atoms with E-state index in [2.05, 4.69) is 10.1 Å². The molecule has 2 aromatic rings. The van der Waals surface area contributed by atoms with E-state index in [1.807, 2.05) is 0 Å². The summed E-state index contributed by atoms with van der Waals surface area (Å²) >= 11 is 6.07. The number of halogens is 1. The molecule has 9 heteroatoms. The Morgan fingerprint density at radius 3 is 2.41 bits per heavy atom. The fraction of sp³-hybridized carbons (Fsp3) is 0.450. The lowest BCUT2D eigenvalue weighted by Gasteiger charge is -2.09. The fourth-order valence-electron chi connectivity index (χ4n) is 3.00. The van der Waals surface area contributed by atoms with Gasteiger partial charge in [-0.3, -0.25) is 9.78 Å². The number of ether oxygens (including phenoxy) is 2. The van der Waals surface area contributed by atoms with Gasteiger partial charge in [0.25, 0.3) is 0 Å². The van der Waals surface area contributed by atoms with Crippen LogP contribution >= 0.6 is 11.6 Å². The van der Waals surface area contributed by atoms with Crippen molar-refractivity contribution in [3.63, 3.8) is 0 Å². The van der Waals surface area contributed by atoms with Gasteiger partial charge >= 0.3 is 11.9 Å². The van der Waals surface area contributed by atoms with E-state index in [-0.39, 0.29) is 48.4 Å². The number of hydrogen-bond donors (Lipinski definition) is 0. The summed E-state index contributed by atoms with van der Waals surface area (Å²) in [5, 5.41) is 4.63. The summed E-state index contributed by atoms with van der Waals surface area (Å²) in [6.07, 6.45) is 3.08. The number of hydrogen-bond acceptors (Lipinski definition) is 7. The first-order chi connectivity index (χ1) is 13.9. The topological polar surface area (TPSA) is 100 Å². The molecule has 29 heavy (non-hydrogen) atoms. The first-order valence-electron chi connectivity index (χ1n) is 9.47. The number of pyridine rings is 1. The molecule has 0 radical (unpaired) electrons. The highest BCUT2D eigenvalue weighted by atomic mass is 35.5. The maximum absolute atomic E-state index is 12.8. The Kier molecular flexibility index (Phi) is 6.32. The molecule has 0 amide bonds. The van der Waals surface area contributed by atoms with Crippen molar-refractivity contribution < 1.29 is 23.9 Å². The van der Waals surface area contributed by atoms with Crippen molar-refractivity contribution in [1.29, 1.82) is 0 Å². The van der Waals surface area contributed by atoms with E-state index < -0.39 is 11.9 Å². The van der Waals surface area contributed by atoms with Crippen molar-refractivity contribution in [1.82, 2.24) is 14.8 Å². The zero-order chi connectivity index (χ0) is 21.1. The zero-order valence-corrected chi connectivity index (χ0v) is 17.3. The van der Waals surface area contributed by atoms with Crippen molar-refractivity contribution in [2.24, 2.45) is 0 Å². The third kappa shape index (κ3) is 4.48. The van der Waals surface area contributed by atoms with Crippen LogP contribution in [0.3, 0.4) is 0 Å². The minimum Gasteiger partial charge on any atom is -0.461 e. The number of Topliss-reactive ketones (excluding diaryl/α,β-unsaturated/α-hetero) is 1. The van der Waals surface area contributed by atoms with E-state index in [9.17, 15) is 14.4 Å². The number of carbonyl (C=O) groups excluding carboxylic acids is 3. The van der Waals surface area contributed by atoms with Crippen LogP contribution in [0.25, 0.3) is 0 Å².